The maximum Gasteiger partial charge on any atom is 0.357 e. The molecule has 6 heteroatoms. The zero-order chi connectivity index (χ0) is 13.1. The Balaban J connectivity index is 2.33. The third kappa shape index (κ3) is 2.37. The molecule has 0 unspecified atom stereocenters. The Hall–Kier alpha value is -2.63. The van der Waals surface area contributed by atoms with Crippen LogP contribution in [0.4, 0.5) is 0 Å². The Morgan fingerprint density at radius 1 is 1.11 bits per heavy atom. The molecule has 0 aliphatic carbocycles. The minimum atomic E-state index is -1.35. The summed E-state index contributed by atoms with van der Waals surface area (Å²) in [6, 6.07) is 9.24. The van der Waals surface area contributed by atoms with Gasteiger partial charge in [0.25, 0.3) is 0 Å². The molecule has 0 radical (unpaired) electrons. The van der Waals surface area contributed by atoms with Gasteiger partial charge in [-0.05, 0) is 5.56 Å². The first-order valence-electron chi connectivity index (χ1n) is 5.16. The first-order chi connectivity index (χ1) is 8.58. The summed E-state index contributed by atoms with van der Waals surface area (Å²) in [7, 11) is 0. The lowest BCUT2D eigenvalue weighted by molar-refractivity contribution is 0.0648. The highest BCUT2D eigenvalue weighted by Gasteiger charge is 2.20. The molecule has 18 heavy (non-hydrogen) atoms. The van der Waals surface area contributed by atoms with E-state index in [1.165, 1.54) is 10.9 Å². The first-order valence-corrected chi connectivity index (χ1v) is 5.16. The summed E-state index contributed by atoms with van der Waals surface area (Å²) >= 11 is 0. The second-order valence-corrected chi connectivity index (χ2v) is 3.68. The average Bonchev–Trinajstić information content (AvgIpc) is 2.74. The molecule has 1 heterocycles. The SMILES string of the molecule is O=C(O)c1cn(Cc2ccccc2)nc1C(=O)O. The molecule has 0 bridgehead atoms. The van der Waals surface area contributed by atoms with E-state index in [1.54, 1.807) is 0 Å². The Kier molecular flexibility index (Phi) is 3.09. The average molecular weight is 246 g/mol. The number of carboxylic acid groups (broad SMARTS) is 2. The molecule has 0 saturated heterocycles. The molecule has 2 aromatic rings. The van der Waals surface area contributed by atoms with Gasteiger partial charge in [-0.3, -0.25) is 4.68 Å². The number of rotatable bonds is 4. The van der Waals surface area contributed by atoms with Crippen LogP contribution in [0.2, 0.25) is 0 Å². The van der Waals surface area contributed by atoms with E-state index in [-0.39, 0.29) is 5.56 Å². The number of aromatic nitrogens is 2. The summed E-state index contributed by atoms with van der Waals surface area (Å²) in [5.41, 5.74) is 0.158. The topological polar surface area (TPSA) is 92.4 Å². The summed E-state index contributed by atoms with van der Waals surface area (Å²) in [6.07, 6.45) is 1.22. The summed E-state index contributed by atoms with van der Waals surface area (Å²) in [4.78, 5) is 21.7. The minimum Gasteiger partial charge on any atom is -0.478 e. The standard InChI is InChI=1S/C12H10N2O4/c15-11(16)9-7-14(13-10(9)12(17)18)6-8-4-2-1-3-5-8/h1-5,7H,6H2,(H,15,16)(H,17,18). The van der Waals surface area contributed by atoms with Crippen LogP contribution in [-0.4, -0.2) is 31.9 Å². The number of nitrogens with zero attached hydrogens (tertiary/aromatic N) is 2. The fraction of sp³-hybridized carbons (Fsp3) is 0.0833. The highest BCUT2D eigenvalue weighted by atomic mass is 16.4. The van der Waals surface area contributed by atoms with Crippen LogP contribution in [0.5, 0.6) is 0 Å². The lowest BCUT2D eigenvalue weighted by Gasteiger charge is -2.00. The highest BCUT2D eigenvalue weighted by molar-refractivity contribution is 6.00. The fourth-order valence-electron chi connectivity index (χ4n) is 1.59. The molecular formula is C12H10N2O4. The Labute approximate surface area is 102 Å². The van der Waals surface area contributed by atoms with E-state index in [2.05, 4.69) is 5.10 Å². The Bertz CT molecular complexity index is 558. The van der Waals surface area contributed by atoms with Crippen LogP contribution in [0, 0.1) is 0 Å². The first kappa shape index (κ1) is 11.8. The molecule has 0 atom stereocenters. The van der Waals surface area contributed by atoms with Crippen LogP contribution in [0.3, 0.4) is 0 Å². The van der Waals surface area contributed by atoms with Crippen molar-refractivity contribution in [2.24, 2.45) is 0 Å². The number of aromatic carboxylic acids is 2. The van der Waals surface area contributed by atoms with Gasteiger partial charge in [0.05, 0.1) is 6.54 Å². The van der Waals surface area contributed by atoms with E-state index < -0.39 is 17.6 Å². The zero-order valence-electron chi connectivity index (χ0n) is 9.28. The molecule has 0 aliphatic heterocycles. The van der Waals surface area contributed by atoms with Crippen LogP contribution in [0.25, 0.3) is 0 Å². The van der Waals surface area contributed by atoms with Crippen molar-refractivity contribution in [3.63, 3.8) is 0 Å². The largest absolute Gasteiger partial charge is 0.478 e. The molecule has 6 nitrogen and oxygen atoms in total. The van der Waals surface area contributed by atoms with Crippen molar-refractivity contribution in [3.05, 3.63) is 53.3 Å². The molecule has 92 valence electrons. The van der Waals surface area contributed by atoms with Crippen molar-refractivity contribution in [2.45, 2.75) is 6.54 Å². The minimum absolute atomic E-state index is 0.307. The smallest absolute Gasteiger partial charge is 0.357 e. The van der Waals surface area contributed by atoms with Gasteiger partial charge >= 0.3 is 11.9 Å². The predicted octanol–water partition coefficient (Wildman–Crippen LogP) is 1.33. The number of carboxylic acids is 2. The van der Waals surface area contributed by atoms with Gasteiger partial charge < -0.3 is 10.2 Å². The van der Waals surface area contributed by atoms with Crippen molar-refractivity contribution in [1.82, 2.24) is 9.78 Å². The van der Waals surface area contributed by atoms with E-state index >= 15 is 0 Å². The van der Waals surface area contributed by atoms with E-state index in [0.29, 0.717) is 6.54 Å². The third-order valence-corrected chi connectivity index (χ3v) is 2.38. The fourth-order valence-corrected chi connectivity index (χ4v) is 1.59. The van der Waals surface area contributed by atoms with Crippen molar-refractivity contribution in [3.8, 4) is 0 Å². The normalized spacial score (nSPS) is 10.2. The number of hydrogen-bond donors (Lipinski definition) is 2. The van der Waals surface area contributed by atoms with Gasteiger partial charge in [0, 0.05) is 6.20 Å². The maximum atomic E-state index is 10.9. The van der Waals surface area contributed by atoms with Crippen LogP contribution >= 0.6 is 0 Å². The van der Waals surface area contributed by atoms with E-state index in [0.717, 1.165) is 5.56 Å². The lowest BCUT2D eigenvalue weighted by atomic mass is 10.2. The molecule has 0 saturated carbocycles. The molecule has 0 spiro atoms. The second-order valence-electron chi connectivity index (χ2n) is 3.68. The van der Waals surface area contributed by atoms with Gasteiger partial charge in [-0.15, -0.1) is 0 Å². The van der Waals surface area contributed by atoms with Crippen LogP contribution < -0.4 is 0 Å². The summed E-state index contributed by atoms with van der Waals surface area (Å²) < 4.78 is 1.31. The molecular weight excluding hydrogens is 236 g/mol. The van der Waals surface area contributed by atoms with Crippen LogP contribution in [0.1, 0.15) is 26.4 Å². The van der Waals surface area contributed by atoms with Gasteiger partial charge in [-0.2, -0.15) is 5.10 Å². The van der Waals surface area contributed by atoms with Gasteiger partial charge in [0.1, 0.15) is 5.56 Å². The number of hydrogen-bond acceptors (Lipinski definition) is 3. The van der Waals surface area contributed by atoms with E-state index in [9.17, 15) is 9.59 Å². The van der Waals surface area contributed by atoms with Crippen molar-refractivity contribution in [2.75, 3.05) is 0 Å². The quantitative estimate of drug-likeness (QED) is 0.848. The molecule has 1 aromatic carbocycles. The van der Waals surface area contributed by atoms with Crippen molar-refractivity contribution >= 4 is 11.9 Å². The molecule has 1 aromatic heterocycles. The van der Waals surface area contributed by atoms with Crippen molar-refractivity contribution in [1.29, 1.82) is 0 Å². The van der Waals surface area contributed by atoms with Gasteiger partial charge in [0.2, 0.25) is 0 Å². The summed E-state index contributed by atoms with van der Waals surface area (Å²) in [5.74, 6) is -2.65. The summed E-state index contributed by atoms with van der Waals surface area (Å²) in [6.45, 7) is 0.328. The van der Waals surface area contributed by atoms with E-state index in [4.69, 9.17) is 10.2 Å². The number of carbonyl (C=O) groups is 2. The zero-order valence-corrected chi connectivity index (χ0v) is 9.28. The third-order valence-electron chi connectivity index (χ3n) is 2.38. The Morgan fingerprint density at radius 3 is 2.28 bits per heavy atom. The van der Waals surface area contributed by atoms with Crippen molar-refractivity contribution < 1.29 is 19.8 Å². The number of benzene rings is 1. The molecule has 0 amide bonds. The second kappa shape index (κ2) is 4.70. The molecule has 0 aliphatic rings. The lowest BCUT2D eigenvalue weighted by Crippen LogP contribution is -2.06. The molecule has 2 N–H and O–H groups in total. The highest BCUT2D eigenvalue weighted by Crippen LogP contribution is 2.09. The molecule has 0 fully saturated rings. The van der Waals surface area contributed by atoms with E-state index in [1.807, 2.05) is 30.3 Å². The van der Waals surface area contributed by atoms with Gasteiger partial charge in [0.15, 0.2) is 5.69 Å². The van der Waals surface area contributed by atoms with Gasteiger partial charge in [-0.25, -0.2) is 9.59 Å². The molecule has 2 rings (SSSR count). The van der Waals surface area contributed by atoms with Gasteiger partial charge in [-0.1, -0.05) is 30.3 Å². The monoisotopic (exact) mass is 246 g/mol. The predicted molar refractivity (Wildman–Crippen MR) is 61.7 cm³/mol. The maximum absolute atomic E-state index is 10.9. The van der Waals surface area contributed by atoms with Crippen LogP contribution in [-0.2, 0) is 6.54 Å². The summed E-state index contributed by atoms with van der Waals surface area (Å²) in [5, 5.41) is 21.5. The Morgan fingerprint density at radius 2 is 1.78 bits per heavy atom. The van der Waals surface area contributed by atoms with Crippen LogP contribution in [0.15, 0.2) is 36.5 Å².